The van der Waals surface area contributed by atoms with E-state index in [4.69, 9.17) is 4.74 Å². The van der Waals surface area contributed by atoms with Gasteiger partial charge in [-0.1, -0.05) is 6.92 Å². The molecule has 0 heterocycles. The molecule has 0 N–H and O–H groups in total. The van der Waals surface area contributed by atoms with Crippen LogP contribution in [0.15, 0.2) is 0 Å². The first-order chi connectivity index (χ1) is 3.27. The molecular weight excluding hydrogens is 135 g/mol. The van der Waals surface area contributed by atoms with Crippen molar-refractivity contribution in [2.45, 2.75) is 13.3 Å². The minimum absolute atomic E-state index is 0. The Morgan fingerprint density at radius 3 is 2.38 bits per heavy atom. The van der Waals surface area contributed by atoms with E-state index in [9.17, 15) is 0 Å². The van der Waals surface area contributed by atoms with Crippen molar-refractivity contribution in [1.82, 2.24) is 0 Å². The second-order valence-corrected chi connectivity index (χ2v) is 2.10. The zero-order valence-electron chi connectivity index (χ0n) is 5.14. The maximum absolute atomic E-state index is 4.74. The molecule has 0 radical (unpaired) electrons. The average Bonchev–Trinajstić information content (AvgIpc) is 1.61. The molecule has 0 aromatic rings. The van der Waals surface area contributed by atoms with Crippen molar-refractivity contribution >= 4 is 29.2 Å². The fourth-order valence-corrected chi connectivity index (χ4v) is 0.352. The van der Waals surface area contributed by atoms with Crippen LogP contribution in [0.25, 0.3) is 0 Å². The topological polar surface area (TPSA) is 9.23 Å². The first-order valence-electron chi connectivity index (χ1n) is 2.11. The van der Waals surface area contributed by atoms with Crippen LogP contribution in [-0.4, -0.2) is 11.0 Å². The summed E-state index contributed by atoms with van der Waals surface area (Å²) in [6.45, 7) is 2.66. The van der Waals surface area contributed by atoms with Crippen molar-refractivity contribution in [3.63, 3.8) is 0 Å². The van der Waals surface area contributed by atoms with E-state index < -0.39 is 0 Å². The van der Waals surface area contributed by atoms with E-state index >= 15 is 0 Å². The van der Waals surface area contributed by atoms with E-state index in [-0.39, 0.29) is 23.2 Å². The molecule has 8 heavy (non-hydrogen) atoms. The molecule has 0 atom stereocenters. The van der Waals surface area contributed by atoms with Gasteiger partial charge in [-0.15, -0.1) is 0 Å². The van der Waals surface area contributed by atoms with Crippen LogP contribution in [0.4, 0.5) is 0 Å². The summed E-state index contributed by atoms with van der Waals surface area (Å²) in [4.78, 5) is 0. The summed E-state index contributed by atoms with van der Waals surface area (Å²) in [6, 6.07) is 0. The van der Waals surface area contributed by atoms with Crippen LogP contribution in [0, 0.1) is 0 Å². The molecule has 1 nitrogen and oxygen atoms in total. The molecule has 0 rings (SSSR count). The molecule has 0 saturated heterocycles. The Morgan fingerprint density at radius 2 is 2.25 bits per heavy atom. The molecule has 42 valence electrons. The molecule has 0 amide bonds. The summed E-state index contributed by atoms with van der Waals surface area (Å²) in [6.07, 6.45) is 0.969. The van der Waals surface area contributed by atoms with Gasteiger partial charge in [-0.25, -0.2) is 0 Å². The third-order valence-corrected chi connectivity index (χ3v) is 0.660. The molecule has 0 aromatic carbocycles. The predicted octanol–water partition coefficient (Wildman–Crippen LogP) is -1.75. The van der Waals surface area contributed by atoms with Crippen molar-refractivity contribution in [2.24, 2.45) is 0 Å². The van der Waals surface area contributed by atoms with E-state index in [1.807, 2.05) is 6.92 Å². The van der Waals surface area contributed by atoms with Gasteiger partial charge in [0.2, 0.25) is 0 Å². The zero-order chi connectivity index (χ0) is 5.70. The molecule has 0 aliphatic rings. The van der Waals surface area contributed by atoms with Crippen LogP contribution in [-0.2, 0) is 17.4 Å². The molecule has 0 aliphatic carbocycles. The molecule has 4 heteroatoms. The second-order valence-electron chi connectivity index (χ2n) is 1.10. The van der Waals surface area contributed by atoms with Crippen LogP contribution in [0.2, 0.25) is 0 Å². The van der Waals surface area contributed by atoms with Gasteiger partial charge in [0.25, 0.3) is 0 Å². The minimum Gasteiger partial charge on any atom is -0.514 e. The van der Waals surface area contributed by atoms with E-state index in [2.05, 4.69) is 24.8 Å². The van der Waals surface area contributed by atoms with Crippen molar-refractivity contribution in [3.05, 3.63) is 0 Å². The summed E-state index contributed by atoms with van der Waals surface area (Å²) in [7, 11) is 0. The molecule has 0 bridgehead atoms. The van der Waals surface area contributed by atoms with Gasteiger partial charge >= 0.3 is 18.9 Å². The maximum Gasteiger partial charge on any atom is 1.00 e. The van der Waals surface area contributed by atoms with Crippen LogP contribution >= 0.6 is 12.2 Å². The third-order valence-electron chi connectivity index (χ3n) is 0.424. The molecule has 0 aromatic heterocycles. The Kier molecular flexibility index (Phi) is 11.1. The standard InChI is InChI=1S/C4H8OS2.Li/c1-2-3-5-4(6)7;/h2-3H2,1H3,(H,6,7);/q;+1/p-1. The molecule has 0 unspecified atom stereocenters. The second kappa shape index (κ2) is 7.71. The Labute approximate surface area is 72.8 Å². The van der Waals surface area contributed by atoms with Gasteiger partial charge in [0.1, 0.15) is 0 Å². The Balaban J connectivity index is 0. The van der Waals surface area contributed by atoms with Crippen molar-refractivity contribution < 1.29 is 23.6 Å². The van der Waals surface area contributed by atoms with Gasteiger partial charge in [-0.2, -0.15) is 0 Å². The number of thiocarbonyl (C=S) groups is 1. The van der Waals surface area contributed by atoms with E-state index in [0.717, 1.165) is 6.42 Å². The molecule has 0 spiro atoms. The summed E-state index contributed by atoms with van der Waals surface area (Å²) in [5, 5.41) is 0. The summed E-state index contributed by atoms with van der Waals surface area (Å²) < 4.78 is 4.96. The first kappa shape index (κ1) is 11.5. The number of hydrogen-bond acceptors (Lipinski definition) is 3. The van der Waals surface area contributed by atoms with E-state index in [1.54, 1.807) is 0 Å². The van der Waals surface area contributed by atoms with Gasteiger partial charge in [-0.05, 0) is 6.42 Å². The number of hydrogen-bond donors (Lipinski definition) is 0. The molecular formula is C4H7LiOS2. The van der Waals surface area contributed by atoms with Crippen molar-refractivity contribution in [3.8, 4) is 0 Å². The van der Waals surface area contributed by atoms with Crippen LogP contribution in [0.5, 0.6) is 0 Å². The average molecular weight is 142 g/mol. The quantitative estimate of drug-likeness (QED) is 0.257. The largest absolute Gasteiger partial charge is 1.00 e. The van der Waals surface area contributed by atoms with Gasteiger partial charge in [0.15, 0.2) is 0 Å². The predicted molar refractivity (Wildman–Crippen MR) is 36.2 cm³/mol. The van der Waals surface area contributed by atoms with Gasteiger partial charge in [0, 0.05) is 4.38 Å². The summed E-state index contributed by atoms with van der Waals surface area (Å²) >= 11 is 8.91. The molecule has 0 aliphatic heterocycles. The van der Waals surface area contributed by atoms with Gasteiger partial charge in [-0.3, -0.25) is 0 Å². The molecule has 0 fully saturated rings. The molecule has 0 saturated carbocycles. The Hall–Kier alpha value is 0.707. The van der Waals surface area contributed by atoms with Crippen LogP contribution < -0.4 is 18.9 Å². The first-order valence-corrected chi connectivity index (χ1v) is 2.92. The zero-order valence-corrected chi connectivity index (χ0v) is 6.77. The maximum atomic E-state index is 4.74. The van der Waals surface area contributed by atoms with Crippen LogP contribution in [0.1, 0.15) is 13.3 Å². The van der Waals surface area contributed by atoms with Crippen LogP contribution in [0.3, 0.4) is 0 Å². The Morgan fingerprint density at radius 1 is 1.75 bits per heavy atom. The summed E-state index contributed by atoms with van der Waals surface area (Å²) in [5.74, 6) is 0. The van der Waals surface area contributed by atoms with Gasteiger partial charge in [0.05, 0.1) is 6.61 Å². The summed E-state index contributed by atoms with van der Waals surface area (Å²) in [5.41, 5.74) is 0. The van der Waals surface area contributed by atoms with Crippen molar-refractivity contribution in [1.29, 1.82) is 0 Å². The van der Waals surface area contributed by atoms with Gasteiger partial charge < -0.3 is 29.6 Å². The number of ether oxygens (including phenoxy) is 1. The fraction of sp³-hybridized carbons (Fsp3) is 0.750. The third kappa shape index (κ3) is 9.86. The SMILES string of the molecule is CCCOC(=S)[S-].[Li+]. The normalized spacial score (nSPS) is 7.12. The monoisotopic (exact) mass is 142 g/mol. The Bertz CT molecular complexity index is 67.1. The van der Waals surface area contributed by atoms with E-state index in [1.165, 1.54) is 0 Å². The van der Waals surface area contributed by atoms with Crippen molar-refractivity contribution in [2.75, 3.05) is 6.61 Å². The fourth-order valence-electron chi connectivity index (χ4n) is 0.185. The smallest absolute Gasteiger partial charge is 0.514 e. The number of rotatable bonds is 2. The minimum atomic E-state index is 0. The van der Waals surface area contributed by atoms with E-state index in [0.29, 0.717) is 6.61 Å².